The van der Waals surface area contributed by atoms with Crippen LogP contribution in [0.3, 0.4) is 0 Å². The van der Waals surface area contributed by atoms with Crippen LogP contribution in [0.1, 0.15) is 35.7 Å². The van der Waals surface area contributed by atoms with Gasteiger partial charge in [0, 0.05) is 12.8 Å². The minimum atomic E-state index is -0.0942. The Hall–Kier alpha value is -0.510. The van der Waals surface area contributed by atoms with Crippen molar-refractivity contribution in [2.75, 3.05) is 0 Å². The topological polar surface area (TPSA) is 30.2 Å². The van der Waals surface area contributed by atoms with E-state index in [0.717, 1.165) is 0 Å². The predicted molar refractivity (Wildman–Crippen MR) is 70.7 cm³/mol. The lowest BCUT2D eigenvalue weighted by Gasteiger charge is -2.27. The molecule has 0 radical (unpaired) electrons. The van der Waals surface area contributed by atoms with Gasteiger partial charge in [0.1, 0.15) is 10.6 Å². The highest BCUT2D eigenvalue weighted by molar-refractivity contribution is 7.17. The van der Waals surface area contributed by atoms with Crippen LogP contribution < -0.4 is 0 Å². The van der Waals surface area contributed by atoms with Crippen molar-refractivity contribution in [1.29, 1.82) is 0 Å². The molecular formula is C12H12Cl2O2S. The van der Waals surface area contributed by atoms with Gasteiger partial charge in [0.15, 0.2) is 11.0 Å². The Kier molecular flexibility index (Phi) is 3.53. The number of hydrogen-bond donors (Lipinski definition) is 0. The summed E-state index contributed by atoms with van der Waals surface area (Å²) in [6.45, 7) is 4.08. The van der Waals surface area contributed by atoms with Crippen LogP contribution >= 0.6 is 34.5 Å². The molecule has 0 aliphatic heterocycles. The normalized spacial score (nSPS) is 17.5. The zero-order valence-electron chi connectivity index (χ0n) is 9.55. The number of halogens is 2. The molecule has 1 aromatic heterocycles. The number of carbonyl (C=O) groups excluding carboxylic acids is 1. The molecule has 5 heteroatoms. The third kappa shape index (κ3) is 3.03. The average molecular weight is 291 g/mol. The van der Waals surface area contributed by atoms with E-state index in [9.17, 15) is 4.79 Å². The molecule has 92 valence electrons. The quantitative estimate of drug-likeness (QED) is 0.678. The summed E-state index contributed by atoms with van der Waals surface area (Å²) in [5.41, 5.74) is -0.0942. The minimum Gasteiger partial charge on any atom is -0.448 e. The molecule has 2 rings (SSSR count). The van der Waals surface area contributed by atoms with Crippen molar-refractivity contribution < 1.29 is 9.21 Å². The van der Waals surface area contributed by atoms with Gasteiger partial charge >= 0.3 is 0 Å². The van der Waals surface area contributed by atoms with E-state index in [0.29, 0.717) is 27.8 Å². The van der Waals surface area contributed by atoms with E-state index in [-0.39, 0.29) is 16.4 Å². The Labute approximate surface area is 114 Å². The summed E-state index contributed by atoms with van der Waals surface area (Å²) in [6, 6.07) is 3.22. The van der Waals surface area contributed by atoms with E-state index in [1.165, 1.54) is 11.3 Å². The van der Waals surface area contributed by atoms with Crippen LogP contribution in [-0.2, 0) is 6.42 Å². The molecule has 1 aromatic rings. The highest BCUT2D eigenvalue weighted by Gasteiger charge is 2.33. The van der Waals surface area contributed by atoms with Crippen molar-refractivity contribution in [3.05, 3.63) is 32.3 Å². The van der Waals surface area contributed by atoms with E-state index in [2.05, 4.69) is 0 Å². The van der Waals surface area contributed by atoms with Crippen molar-refractivity contribution in [2.24, 2.45) is 5.41 Å². The molecule has 0 N–H and O–H groups in total. The number of fused-ring (bicyclic) bond motifs is 1. The minimum absolute atomic E-state index is 0.0687. The van der Waals surface area contributed by atoms with Gasteiger partial charge in [0.05, 0.1) is 4.34 Å². The van der Waals surface area contributed by atoms with Crippen LogP contribution in [0, 0.1) is 5.41 Å². The van der Waals surface area contributed by atoms with E-state index >= 15 is 0 Å². The van der Waals surface area contributed by atoms with Crippen molar-refractivity contribution in [2.45, 2.75) is 26.7 Å². The molecule has 1 aliphatic rings. The zero-order valence-corrected chi connectivity index (χ0v) is 11.9. The molecule has 0 saturated heterocycles. The fraction of sp³-hybridized carbons (Fsp3) is 0.417. The Balaban J connectivity index is 2.67. The van der Waals surface area contributed by atoms with Gasteiger partial charge in [-0.2, -0.15) is 0 Å². The molecule has 0 aromatic carbocycles. The zero-order chi connectivity index (χ0) is 12.6. The monoisotopic (exact) mass is 290 g/mol. The van der Waals surface area contributed by atoms with Crippen molar-refractivity contribution in [3.8, 4) is 0 Å². The van der Waals surface area contributed by atoms with Crippen LogP contribution in [0.2, 0.25) is 9.56 Å². The summed E-state index contributed by atoms with van der Waals surface area (Å²) >= 11 is 13.1. The van der Waals surface area contributed by atoms with Gasteiger partial charge in [-0.25, -0.2) is 0 Å². The summed E-state index contributed by atoms with van der Waals surface area (Å²) < 4.78 is 6.03. The summed E-state index contributed by atoms with van der Waals surface area (Å²) in [5, 5.41) is 0.237. The van der Waals surface area contributed by atoms with Gasteiger partial charge in [-0.1, -0.05) is 25.4 Å². The maximum absolute atomic E-state index is 12.1. The molecule has 0 atom stereocenters. The maximum Gasteiger partial charge on any atom is 0.193 e. The number of hydrogen-bond acceptors (Lipinski definition) is 3. The van der Waals surface area contributed by atoms with Crippen molar-refractivity contribution >= 4 is 40.3 Å². The second-order valence-corrected chi connectivity index (χ2v) is 6.89. The Morgan fingerprint density at radius 2 is 2.00 bits per heavy atom. The first-order chi connectivity index (χ1) is 7.87. The highest BCUT2D eigenvalue weighted by Crippen LogP contribution is 2.37. The number of rotatable bonds is 0. The smallest absolute Gasteiger partial charge is 0.193 e. The van der Waals surface area contributed by atoms with Crippen LogP contribution in [0.15, 0.2) is 16.5 Å². The van der Waals surface area contributed by atoms with Crippen molar-refractivity contribution in [3.63, 3.8) is 0 Å². The first-order valence-electron chi connectivity index (χ1n) is 5.22. The van der Waals surface area contributed by atoms with Gasteiger partial charge in [0.25, 0.3) is 0 Å². The molecule has 0 amide bonds. The molecule has 2 nitrogen and oxygen atoms in total. The fourth-order valence-corrected chi connectivity index (χ4v) is 3.05. The molecule has 0 bridgehead atoms. The number of carbonyl (C=O) groups is 1. The molecule has 1 aliphatic carbocycles. The highest BCUT2D eigenvalue weighted by atomic mass is 35.5. The second-order valence-electron chi connectivity index (χ2n) is 4.84. The lowest BCUT2D eigenvalue weighted by molar-refractivity contribution is 0.0905. The summed E-state index contributed by atoms with van der Waals surface area (Å²) in [7, 11) is 0. The SMILES string of the molecule is CC1(C)CC(=O)c2sc(Cl)ccc(Cl)oc2C1. The molecule has 0 saturated carbocycles. The van der Waals surface area contributed by atoms with E-state index in [1.807, 2.05) is 13.8 Å². The molecular weight excluding hydrogens is 279 g/mol. The molecule has 0 unspecified atom stereocenters. The standard InChI is InChI=1S/C12H12Cl2O2S/c1-12(2)5-7(15)11-8(6-12)16-9(13)3-4-10(14)17-11/h3-4H,5-6H2,1-2H3. The van der Waals surface area contributed by atoms with Crippen LogP contribution in [0.5, 0.6) is 0 Å². The van der Waals surface area contributed by atoms with Crippen molar-refractivity contribution in [1.82, 2.24) is 0 Å². The van der Waals surface area contributed by atoms with Gasteiger partial charge in [0.2, 0.25) is 0 Å². The van der Waals surface area contributed by atoms with E-state index in [4.69, 9.17) is 27.6 Å². The molecule has 0 fully saturated rings. The lowest BCUT2D eigenvalue weighted by Crippen LogP contribution is -2.26. The summed E-state index contributed by atoms with van der Waals surface area (Å²) in [5.74, 6) is 0.697. The maximum atomic E-state index is 12.1. The molecule has 1 heterocycles. The summed E-state index contributed by atoms with van der Waals surface area (Å²) in [6.07, 6.45) is 1.20. The average Bonchev–Trinajstić information content (AvgIpc) is 2.17. The van der Waals surface area contributed by atoms with Gasteiger partial charge in [-0.3, -0.25) is 4.79 Å². The first kappa shape index (κ1) is 12.9. The van der Waals surface area contributed by atoms with Gasteiger partial charge in [-0.05, 0) is 29.1 Å². The van der Waals surface area contributed by atoms with Gasteiger partial charge < -0.3 is 4.42 Å². The summed E-state index contributed by atoms with van der Waals surface area (Å²) in [4.78, 5) is 12.6. The van der Waals surface area contributed by atoms with E-state index in [1.54, 1.807) is 12.1 Å². The third-order valence-corrected chi connectivity index (χ3v) is 4.10. The number of Topliss-reactive ketones (excluding diaryl/α,β-unsaturated/α-hetero) is 1. The third-order valence-electron chi connectivity index (χ3n) is 2.55. The Morgan fingerprint density at radius 3 is 2.71 bits per heavy atom. The van der Waals surface area contributed by atoms with Crippen LogP contribution in [-0.4, -0.2) is 5.78 Å². The predicted octanol–water partition coefficient (Wildman–Crippen LogP) is 4.93. The van der Waals surface area contributed by atoms with Crippen LogP contribution in [0.4, 0.5) is 0 Å². The first-order valence-corrected chi connectivity index (χ1v) is 6.80. The molecule has 17 heavy (non-hydrogen) atoms. The largest absolute Gasteiger partial charge is 0.448 e. The lowest BCUT2D eigenvalue weighted by atomic mass is 9.78. The number of ketones is 1. The fourth-order valence-electron chi connectivity index (χ4n) is 1.86. The Bertz CT molecular complexity index is 513. The van der Waals surface area contributed by atoms with Crippen LogP contribution in [0.25, 0.3) is 0 Å². The van der Waals surface area contributed by atoms with Gasteiger partial charge in [-0.15, -0.1) is 11.3 Å². The Morgan fingerprint density at radius 1 is 1.29 bits per heavy atom. The molecule has 0 spiro atoms. The second kappa shape index (κ2) is 4.63. The van der Waals surface area contributed by atoms with E-state index < -0.39 is 0 Å².